The topological polar surface area (TPSA) is 46.1 Å². The molecule has 0 heterocycles. The number of rotatable bonds is 0. The molecule has 0 aromatic rings. The Morgan fingerprint density at radius 1 is 0.800 bits per heavy atom. The Morgan fingerprint density at radius 3 is 1.20 bits per heavy atom. The van der Waals surface area contributed by atoms with E-state index in [9.17, 15) is 0 Å². The van der Waals surface area contributed by atoms with Gasteiger partial charge in [-0.05, 0) is 0 Å². The molecule has 0 saturated carbocycles. The van der Waals surface area contributed by atoms with E-state index in [4.69, 9.17) is 9.32 Å². The Kier molecular flexibility index (Phi) is 33.0. The molecule has 0 radical (unpaired) electrons. The summed E-state index contributed by atoms with van der Waals surface area (Å²) in [6.45, 7) is 0. The number of allylic oxidation sites excluding steroid dienone is 8. The first kappa shape index (κ1) is 20.7. The SMILES string of the molecule is [C-]1=CC=CC1.[C-]1=CC=CC1.[O-]Cl.[O-]Cl.[Zr+4]. The van der Waals surface area contributed by atoms with Crippen molar-refractivity contribution < 1.29 is 35.5 Å². The van der Waals surface area contributed by atoms with Crippen molar-refractivity contribution >= 4 is 23.7 Å². The summed E-state index contributed by atoms with van der Waals surface area (Å²) >= 11 is 6.78. The van der Waals surface area contributed by atoms with Gasteiger partial charge in [-0.2, -0.15) is 12.2 Å². The van der Waals surface area contributed by atoms with E-state index in [2.05, 4.69) is 48.0 Å². The van der Waals surface area contributed by atoms with E-state index in [0.717, 1.165) is 12.8 Å². The summed E-state index contributed by atoms with van der Waals surface area (Å²) in [4.78, 5) is 0. The molecular weight excluding hydrogens is 314 g/mol. The van der Waals surface area contributed by atoms with Gasteiger partial charge in [0.1, 0.15) is 0 Å². The third-order valence-electron chi connectivity index (χ3n) is 1.17. The van der Waals surface area contributed by atoms with Gasteiger partial charge in [0.15, 0.2) is 0 Å². The van der Waals surface area contributed by atoms with Crippen molar-refractivity contribution in [3.05, 3.63) is 48.6 Å². The van der Waals surface area contributed by atoms with E-state index >= 15 is 0 Å². The minimum atomic E-state index is 0. The summed E-state index contributed by atoms with van der Waals surface area (Å²) in [6, 6.07) is 0. The first-order chi connectivity index (χ1) is 7.00. The van der Waals surface area contributed by atoms with Crippen LogP contribution in [0.4, 0.5) is 0 Å². The Labute approximate surface area is 120 Å². The van der Waals surface area contributed by atoms with Gasteiger partial charge in [0, 0.05) is 0 Å². The van der Waals surface area contributed by atoms with Gasteiger partial charge in [-0.15, -0.1) is 12.8 Å². The molecule has 0 aromatic carbocycles. The molecule has 2 nitrogen and oxygen atoms in total. The molecule has 0 spiro atoms. The van der Waals surface area contributed by atoms with Crippen LogP contribution in [0.25, 0.3) is 0 Å². The normalized spacial score (nSPS) is 12.5. The average molecular weight is 324 g/mol. The minimum Gasteiger partial charge on any atom is -0.769 e. The average Bonchev–Trinajstić information content (AvgIpc) is 3.01. The van der Waals surface area contributed by atoms with E-state index < -0.39 is 0 Å². The summed E-state index contributed by atoms with van der Waals surface area (Å²) in [5.74, 6) is 0. The fraction of sp³-hybridized carbons (Fsp3) is 0.200. The van der Waals surface area contributed by atoms with Gasteiger partial charge in [-0.25, -0.2) is 48.0 Å². The summed E-state index contributed by atoms with van der Waals surface area (Å²) < 4.78 is 15.4. The molecule has 2 rings (SSSR count). The van der Waals surface area contributed by atoms with Crippen molar-refractivity contribution in [2.75, 3.05) is 0 Å². The van der Waals surface area contributed by atoms with Gasteiger partial charge in [0.25, 0.3) is 0 Å². The van der Waals surface area contributed by atoms with Crippen LogP contribution in [0.15, 0.2) is 36.5 Å². The van der Waals surface area contributed by atoms with Crippen LogP contribution in [0.1, 0.15) is 12.8 Å². The fourth-order valence-corrected chi connectivity index (χ4v) is 0.680. The van der Waals surface area contributed by atoms with Crippen LogP contribution >= 0.6 is 23.7 Å². The minimum absolute atomic E-state index is 0. The fourth-order valence-electron chi connectivity index (χ4n) is 0.680. The van der Waals surface area contributed by atoms with E-state index in [0.29, 0.717) is 0 Å². The Hall–Kier alpha value is 0.343. The van der Waals surface area contributed by atoms with Crippen LogP contribution in [0.2, 0.25) is 0 Å². The van der Waals surface area contributed by atoms with Gasteiger partial charge in [-0.1, -0.05) is 0 Å². The Morgan fingerprint density at radius 2 is 1.13 bits per heavy atom. The summed E-state index contributed by atoms with van der Waals surface area (Å²) in [7, 11) is 0. The standard InChI is InChI=1S/2C5H5.2ClO.Zr/c2*1-2-4-5-3-1;2*1-2;/h2*1-3H,4H2;;;/q4*-1;+4. The van der Waals surface area contributed by atoms with Crippen LogP contribution in [-0.4, -0.2) is 0 Å². The molecular formula is C10H10Cl2O2Zr. The molecule has 2 aliphatic rings. The molecule has 0 amide bonds. The largest absolute Gasteiger partial charge is 4.00 e. The van der Waals surface area contributed by atoms with E-state index in [1.54, 1.807) is 0 Å². The molecule has 2 aliphatic carbocycles. The Bertz CT molecular complexity index is 160. The van der Waals surface area contributed by atoms with Crippen molar-refractivity contribution in [2.45, 2.75) is 12.8 Å². The van der Waals surface area contributed by atoms with Crippen LogP contribution in [0.5, 0.6) is 0 Å². The van der Waals surface area contributed by atoms with Gasteiger partial charge >= 0.3 is 26.2 Å². The first-order valence-electron chi connectivity index (χ1n) is 3.74. The molecule has 0 aliphatic heterocycles. The van der Waals surface area contributed by atoms with Gasteiger partial charge < -0.3 is 9.32 Å². The third-order valence-corrected chi connectivity index (χ3v) is 1.17. The zero-order valence-electron chi connectivity index (χ0n) is 7.95. The third kappa shape index (κ3) is 20.4. The molecule has 80 valence electrons. The Balaban J connectivity index is -0.000000138. The molecule has 0 aromatic heterocycles. The molecule has 0 bridgehead atoms. The number of hydrogen-bond donors (Lipinski definition) is 0. The predicted molar refractivity (Wildman–Crippen MR) is 54.8 cm³/mol. The first-order valence-corrected chi connectivity index (χ1v) is 4.36. The van der Waals surface area contributed by atoms with Crippen molar-refractivity contribution in [1.82, 2.24) is 0 Å². The van der Waals surface area contributed by atoms with Gasteiger partial charge in [0.2, 0.25) is 0 Å². The van der Waals surface area contributed by atoms with Crippen LogP contribution in [-0.2, 0) is 26.2 Å². The quantitative estimate of drug-likeness (QED) is 0.636. The molecule has 15 heavy (non-hydrogen) atoms. The van der Waals surface area contributed by atoms with Crippen LogP contribution in [0, 0.1) is 12.2 Å². The summed E-state index contributed by atoms with van der Waals surface area (Å²) in [5.41, 5.74) is 0. The van der Waals surface area contributed by atoms with Crippen LogP contribution in [0.3, 0.4) is 0 Å². The molecule has 0 atom stereocenters. The van der Waals surface area contributed by atoms with E-state index in [1.165, 1.54) is 0 Å². The zero-order chi connectivity index (χ0) is 11.1. The van der Waals surface area contributed by atoms with Gasteiger partial charge in [0.05, 0.1) is 0 Å². The summed E-state index contributed by atoms with van der Waals surface area (Å²) in [6.07, 6.45) is 20.0. The molecule has 0 unspecified atom stereocenters. The maximum Gasteiger partial charge on any atom is 4.00 e. The van der Waals surface area contributed by atoms with Crippen molar-refractivity contribution in [3.8, 4) is 0 Å². The maximum atomic E-state index is 7.72. The second-order valence-electron chi connectivity index (χ2n) is 2.01. The van der Waals surface area contributed by atoms with Crippen molar-refractivity contribution in [2.24, 2.45) is 0 Å². The monoisotopic (exact) mass is 322 g/mol. The number of halogens is 2. The zero-order valence-corrected chi connectivity index (χ0v) is 11.9. The predicted octanol–water partition coefficient (Wildman–Crippen LogP) is 1.61. The van der Waals surface area contributed by atoms with Crippen molar-refractivity contribution in [1.29, 1.82) is 0 Å². The van der Waals surface area contributed by atoms with Gasteiger partial charge in [-0.3, -0.25) is 12.2 Å². The summed E-state index contributed by atoms with van der Waals surface area (Å²) in [5, 5.41) is 0. The van der Waals surface area contributed by atoms with Crippen LogP contribution < -0.4 is 9.32 Å². The second-order valence-corrected chi connectivity index (χ2v) is 2.01. The smallest absolute Gasteiger partial charge is 0.769 e. The molecule has 0 fully saturated rings. The second kappa shape index (κ2) is 23.9. The molecule has 5 heteroatoms. The van der Waals surface area contributed by atoms with E-state index in [-0.39, 0.29) is 26.2 Å². The maximum absolute atomic E-state index is 7.72. The molecule has 0 N–H and O–H groups in total. The number of hydrogen-bond acceptors (Lipinski definition) is 2. The van der Waals surface area contributed by atoms with Crippen molar-refractivity contribution in [3.63, 3.8) is 0 Å². The molecule has 0 saturated heterocycles. The van der Waals surface area contributed by atoms with E-state index in [1.807, 2.05) is 24.3 Å².